The summed E-state index contributed by atoms with van der Waals surface area (Å²) < 4.78 is 0. The Bertz CT molecular complexity index is 399. The first-order valence-corrected chi connectivity index (χ1v) is 7.99. The van der Waals surface area contributed by atoms with Crippen LogP contribution in [0, 0.1) is 0 Å². The largest absolute Gasteiger partial charge is 0.360 e. The molecule has 0 unspecified atom stereocenters. The summed E-state index contributed by atoms with van der Waals surface area (Å²) >= 11 is 1.32. The highest BCUT2D eigenvalue weighted by molar-refractivity contribution is 7.17. The summed E-state index contributed by atoms with van der Waals surface area (Å²) in [6.07, 6.45) is 8.51. The lowest BCUT2D eigenvalue weighted by atomic mass is 9.97. The summed E-state index contributed by atoms with van der Waals surface area (Å²) in [6, 6.07) is 0.305. The van der Waals surface area contributed by atoms with Crippen molar-refractivity contribution in [3.8, 4) is 0 Å². The number of anilines is 1. The van der Waals surface area contributed by atoms with Gasteiger partial charge in [-0.15, -0.1) is 10.2 Å². The molecule has 2 N–H and O–H groups in total. The quantitative estimate of drug-likeness (QED) is 0.891. The van der Waals surface area contributed by atoms with Crippen molar-refractivity contribution in [3.63, 3.8) is 0 Å². The normalized spacial score (nSPS) is 17.5. The van der Waals surface area contributed by atoms with E-state index >= 15 is 0 Å². The molecule has 0 aliphatic heterocycles. The fourth-order valence-corrected chi connectivity index (χ4v) is 3.10. The summed E-state index contributed by atoms with van der Waals surface area (Å²) in [4.78, 5) is 12.1. The molecule has 1 heterocycles. The number of carbonyl (C=O) groups is 1. The van der Waals surface area contributed by atoms with Crippen LogP contribution in [0.2, 0.25) is 0 Å². The van der Waals surface area contributed by atoms with Crippen LogP contribution in [-0.2, 0) is 0 Å². The first kappa shape index (κ1) is 14.2. The Balaban J connectivity index is 1.87. The van der Waals surface area contributed by atoms with Gasteiger partial charge < -0.3 is 10.6 Å². The maximum atomic E-state index is 12.1. The highest BCUT2D eigenvalue weighted by Crippen LogP contribution is 2.19. The Morgan fingerprint density at radius 2 is 1.89 bits per heavy atom. The van der Waals surface area contributed by atoms with E-state index < -0.39 is 0 Å². The molecule has 1 aromatic heterocycles. The maximum Gasteiger partial charge on any atom is 0.282 e. The minimum absolute atomic E-state index is 0.0766. The highest BCUT2D eigenvalue weighted by Gasteiger charge is 2.18. The maximum absolute atomic E-state index is 12.1. The molecule has 0 saturated heterocycles. The Morgan fingerprint density at radius 3 is 2.58 bits per heavy atom. The molecular formula is C13H22N4OS. The van der Waals surface area contributed by atoms with Gasteiger partial charge in [0.2, 0.25) is 10.1 Å². The molecule has 0 radical (unpaired) electrons. The van der Waals surface area contributed by atoms with Crippen LogP contribution in [0.5, 0.6) is 0 Å². The zero-order valence-corrected chi connectivity index (χ0v) is 12.3. The van der Waals surface area contributed by atoms with Crippen LogP contribution < -0.4 is 10.6 Å². The summed E-state index contributed by atoms with van der Waals surface area (Å²) in [5.74, 6) is -0.0766. The zero-order chi connectivity index (χ0) is 13.5. The van der Waals surface area contributed by atoms with E-state index in [1.54, 1.807) is 0 Å². The van der Waals surface area contributed by atoms with E-state index in [0.29, 0.717) is 16.2 Å². The fraction of sp³-hybridized carbons (Fsp3) is 0.769. The summed E-state index contributed by atoms with van der Waals surface area (Å²) in [5.41, 5.74) is 0. The molecule has 19 heavy (non-hydrogen) atoms. The summed E-state index contributed by atoms with van der Waals surface area (Å²) in [7, 11) is 0. The third kappa shape index (κ3) is 4.45. The van der Waals surface area contributed by atoms with Crippen LogP contribution in [0.4, 0.5) is 5.13 Å². The van der Waals surface area contributed by atoms with Gasteiger partial charge in [-0.1, -0.05) is 43.4 Å². The number of aromatic nitrogens is 2. The van der Waals surface area contributed by atoms with E-state index in [1.165, 1.54) is 43.4 Å². The molecule has 2 rings (SSSR count). The molecule has 1 aromatic rings. The molecule has 0 spiro atoms. The fourth-order valence-electron chi connectivity index (χ4n) is 2.39. The van der Waals surface area contributed by atoms with Crippen molar-refractivity contribution in [2.24, 2.45) is 0 Å². The molecule has 1 saturated carbocycles. The van der Waals surface area contributed by atoms with Gasteiger partial charge in [0, 0.05) is 12.6 Å². The van der Waals surface area contributed by atoms with Gasteiger partial charge in [-0.25, -0.2) is 0 Å². The summed E-state index contributed by atoms with van der Waals surface area (Å²) in [5, 5.41) is 15.2. The predicted molar refractivity (Wildman–Crippen MR) is 77.6 cm³/mol. The Labute approximate surface area is 118 Å². The van der Waals surface area contributed by atoms with Gasteiger partial charge in [0.05, 0.1) is 0 Å². The van der Waals surface area contributed by atoms with E-state index in [4.69, 9.17) is 0 Å². The molecule has 0 bridgehead atoms. The standard InChI is InChI=1S/C13H22N4OS/c1-2-14-13-17-16-12(19-13)11(18)15-10-8-6-4-3-5-7-9-10/h10H,2-9H2,1H3,(H,14,17)(H,15,18). The van der Waals surface area contributed by atoms with Crippen molar-refractivity contribution in [1.29, 1.82) is 0 Å². The highest BCUT2D eigenvalue weighted by atomic mass is 32.1. The number of amides is 1. The van der Waals surface area contributed by atoms with Crippen molar-refractivity contribution in [1.82, 2.24) is 15.5 Å². The monoisotopic (exact) mass is 282 g/mol. The molecular weight excluding hydrogens is 260 g/mol. The van der Waals surface area contributed by atoms with Gasteiger partial charge in [0.25, 0.3) is 5.91 Å². The van der Waals surface area contributed by atoms with Crippen molar-refractivity contribution in [2.45, 2.75) is 57.9 Å². The molecule has 6 heteroatoms. The Kier molecular flexibility index (Phi) is 5.57. The number of nitrogens with one attached hydrogen (secondary N) is 2. The van der Waals surface area contributed by atoms with Crippen molar-refractivity contribution in [2.75, 3.05) is 11.9 Å². The van der Waals surface area contributed by atoms with Gasteiger partial charge in [-0.3, -0.25) is 4.79 Å². The third-order valence-electron chi connectivity index (χ3n) is 3.39. The molecule has 1 aliphatic rings. The van der Waals surface area contributed by atoms with E-state index in [0.717, 1.165) is 19.4 Å². The zero-order valence-electron chi connectivity index (χ0n) is 11.4. The lowest BCUT2D eigenvalue weighted by molar-refractivity contribution is 0.0929. The molecule has 1 fully saturated rings. The summed E-state index contributed by atoms with van der Waals surface area (Å²) in [6.45, 7) is 2.79. The van der Waals surface area contributed by atoms with Crippen LogP contribution in [0.15, 0.2) is 0 Å². The topological polar surface area (TPSA) is 66.9 Å². The van der Waals surface area contributed by atoms with Crippen LogP contribution in [0.25, 0.3) is 0 Å². The van der Waals surface area contributed by atoms with Crippen LogP contribution in [0.1, 0.15) is 61.7 Å². The first-order valence-electron chi connectivity index (χ1n) is 7.18. The number of hydrogen-bond donors (Lipinski definition) is 2. The van der Waals surface area contributed by atoms with E-state index in [-0.39, 0.29) is 5.91 Å². The number of nitrogens with zero attached hydrogens (tertiary/aromatic N) is 2. The predicted octanol–water partition coefficient (Wildman–Crippen LogP) is 2.81. The van der Waals surface area contributed by atoms with Crippen molar-refractivity contribution < 1.29 is 4.79 Å². The minimum atomic E-state index is -0.0766. The lowest BCUT2D eigenvalue weighted by Gasteiger charge is -2.20. The second-order valence-corrected chi connectivity index (χ2v) is 5.94. The van der Waals surface area contributed by atoms with Gasteiger partial charge in [-0.05, 0) is 19.8 Å². The average Bonchev–Trinajstić information content (AvgIpc) is 2.81. The Hall–Kier alpha value is -1.17. The molecule has 106 valence electrons. The molecule has 0 aromatic carbocycles. The van der Waals surface area contributed by atoms with Gasteiger partial charge in [0.15, 0.2) is 0 Å². The van der Waals surface area contributed by atoms with E-state index in [1.807, 2.05) is 6.92 Å². The molecule has 5 nitrogen and oxygen atoms in total. The third-order valence-corrected chi connectivity index (χ3v) is 4.27. The van der Waals surface area contributed by atoms with Gasteiger partial charge in [-0.2, -0.15) is 0 Å². The average molecular weight is 282 g/mol. The first-order chi connectivity index (χ1) is 9.29. The lowest BCUT2D eigenvalue weighted by Crippen LogP contribution is -2.35. The Morgan fingerprint density at radius 1 is 1.21 bits per heavy atom. The number of hydrogen-bond acceptors (Lipinski definition) is 5. The number of rotatable bonds is 4. The molecule has 1 amide bonds. The number of carbonyl (C=O) groups excluding carboxylic acids is 1. The molecule has 0 atom stereocenters. The van der Waals surface area contributed by atoms with Gasteiger partial charge in [0.1, 0.15) is 0 Å². The SMILES string of the molecule is CCNc1nnc(C(=O)NC2CCCCCCC2)s1. The molecule has 1 aliphatic carbocycles. The smallest absolute Gasteiger partial charge is 0.282 e. The second kappa shape index (κ2) is 7.43. The minimum Gasteiger partial charge on any atom is -0.360 e. The second-order valence-electron chi connectivity index (χ2n) is 4.96. The van der Waals surface area contributed by atoms with Crippen LogP contribution in [0.3, 0.4) is 0 Å². The van der Waals surface area contributed by atoms with Crippen LogP contribution >= 0.6 is 11.3 Å². The van der Waals surface area contributed by atoms with E-state index in [9.17, 15) is 4.79 Å². The van der Waals surface area contributed by atoms with Crippen molar-refractivity contribution in [3.05, 3.63) is 5.01 Å². The van der Waals surface area contributed by atoms with Gasteiger partial charge >= 0.3 is 0 Å². The van der Waals surface area contributed by atoms with Crippen LogP contribution in [-0.4, -0.2) is 28.7 Å². The van der Waals surface area contributed by atoms with Crippen molar-refractivity contribution >= 4 is 22.4 Å². The van der Waals surface area contributed by atoms with E-state index in [2.05, 4.69) is 20.8 Å².